The standard InChI is InChI=1S/C15H30N2O4S/c1-3-5-10-17(11-6-4-2,12-7-9-15(16)18)13-8-14-22(19,20)21/h7,9H,3-6,8,10-14H2,1-2H3,(H2-,16,18,19,20,21). The summed E-state index contributed by atoms with van der Waals surface area (Å²) < 4.78 is 33.1. The van der Waals surface area contributed by atoms with Crippen molar-refractivity contribution in [2.24, 2.45) is 5.73 Å². The fourth-order valence-corrected chi connectivity index (χ4v) is 3.05. The zero-order valence-corrected chi connectivity index (χ0v) is 14.6. The number of hydrogen-bond acceptors (Lipinski definition) is 4. The van der Waals surface area contributed by atoms with Gasteiger partial charge in [-0.3, -0.25) is 4.79 Å². The summed E-state index contributed by atoms with van der Waals surface area (Å²) in [4.78, 5) is 10.9. The zero-order chi connectivity index (χ0) is 17.1. The van der Waals surface area contributed by atoms with Gasteiger partial charge in [0.05, 0.1) is 36.3 Å². The summed E-state index contributed by atoms with van der Waals surface area (Å²) in [6.45, 7) is 7.31. The highest BCUT2D eigenvalue weighted by Gasteiger charge is 2.24. The van der Waals surface area contributed by atoms with Gasteiger partial charge in [-0.05, 0) is 18.9 Å². The SMILES string of the molecule is CCCC[N+](CC=CC(N)=O)(CCCC)CCCS(=O)(=O)[O-]. The highest BCUT2D eigenvalue weighted by molar-refractivity contribution is 7.85. The minimum Gasteiger partial charge on any atom is -0.748 e. The largest absolute Gasteiger partial charge is 0.748 e. The van der Waals surface area contributed by atoms with Gasteiger partial charge in [0.15, 0.2) is 0 Å². The van der Waals surface area contributed by atoms with Crippen molar-refractivity contribution in [2.45, 2.75) is 46.0 Å². The highest BCUT2D eigenvalue weighted by atomic mass is 32.2. The Kier molecular flexibility index (Phi) is 10.3. The van der Waals surface area contributed by atoms with Gasteiger partial charge >= 0.3 is 0 Å². The van der Waals surface area contributed by atoms with Gasteiger partial charge in [0.1, 0.15) is 0 Å². The lowest BCUT2D eigenvalue weighted by Crippen LogP contribution is -2.50. The Morgan fingerprint density at radius 2 is 1.59 bits per heavy atom. The summed E-state index contributed by atoms with van der Waals surface area (Å²) in [5, 5.41) is 0. The second-order valence-corrected chi connectivity index (χ2v) is 7.35. The first-order chi connectivity index (χ1) is 10.2. The van der Waals surface area contributed by atoms with Crippen LogP contribution in [0.15, 0.2) is 12.2 Å². The molecular weight excluding hydrogens is 304 g/mol. The molecule has 6 nitrogen and oxygen atoms in total. The monoisotopic (exact) mass is 334 g/mol. The van der Waals surface area contributed by atoms with E-state index in [4.69, 9.17) is 5.73 Å². The van der Waals surface area contributed by atoms with E-state index in [0.29, 0.717) is 24.0 Å². The molecule has 130 valence electrons. The van der Waals surface area contributed by atoms with Crippen molar-refractivity contribution < 1.29 is 22.2 Å². The molecule has 0 unspecified atom stereocenters. The minimum absolute atomic E-state index is 0.329. The van der Waals surface area contributed by atoms with Crippen molar-refractivity contribution in [3.05, 3.63) is 12.2 Å². The predicted octanol–water partition coefficient (Wildman–Crippen LogP) is 1.38. The van der Waals surface area contributed by atoms with Crippen LogP contribution < -0.4 is 5.73 Å². The third-order valence-electron chi connectivity index (χ3n) is 3.77. The number of primary amides is 1. The Bertz CT molecular complexity index is 438. The van der Waals surface area contributed by atoms with E-state index in [2.05, 4.69) is 13.8 Å². The second kappa shape index (κ2) is 10.7. The first-order valence-electron chi connectivity index (χ1n) is 7.99. The fourth-order valence-electron chi connectivity index (χ4n) is 2.57. The molecule has 0 saturated heterocycles. The van der Waals surface area contributed by atoms with Crippen LogP contribution in [0.25, 0.3) is 0 Å². The summed E-state index contributed by atoms with van der Waals surface area (Å²) in [5.74, 6) is -0.809. The number of nitrogens with zero attached hydrogens (tertiary/aromatic N) is 1. The lowest BCUT2D eigenvalue weighted by atomic mass is 10.2. The fraction of sp³-hybridized carbons (Fsp3) is 0.800. The van der Waals surface area contributed by atoms with Crippen molar-refractivity contribution in [1.29, 1.82) is 0 Å². The molecular formula is C15H30N2O4S. The highest BCUT2D eigenvalue weighted by Crippen LogP contribution is 2.14. The molecule has 0 bridgehead atoms. The van der Waals surface area contributed by atoms with E-state index < -0.39 is 16.0 Å². The summed E-state index contributed by atoms with van der Waals surface area (Å²) in [5.41, 5.74) is 5.13. The molecule has 0 aromatic rings. The van der Waals surface area contributed by atoms with Gasteiger partial charge < -0.3 is 14.8 Å². The number of carbonyl (C=O) groups is 1. The first kappa shape index (κ1) is 21.1. The van der Waals surface area contributed by atoms with Gasteiger partial charge in [0.25, 0.3) is 0 Å². The zero-order valence-electron chi connectivity index (χ0n) is 13.8. The molecule has 0 rings (SSSR count). The van der Waals surface area contributed by atoms with Crippen LogP contribution >= 0.6 is 0 Å². The molecule has 0 atom stereocenters. The molecule has 0 aliphatic carbocycles. The molecule has 22 heavy (non-hydrogen) atoms. The molecule has 0 radical (unpaired) electrons. The van der Waals surface area contributed by atoms with Gasteiger partial charge in [-0.25, -0.2) is 8.42 Å². The molecule has 0 aromatic carbocycles. The normalized spacial score (nSPS) is 12.9. The van der Waals surface area contributed by atoms with Crippen LogP contribution in [0.3, 0.4) is 0 Å². The van der Waals surface area contributed by atoms with E-state index >= 15 is 0 Å². The van der Waals surface area contributed by atoms with Crippen molar-refractivity contribution in [1.82, 2.24) is 0 Å². The van der Waals surface area contributed by atoms with Gasteiger partial charge in [0, 0.05) is 18.2 Å². The molecule has 0 heterocycles. The molecule has 1 amide bonds. The topological polar surface area (TPSA) is 100 Å². The van der Waals surface area contributed by atoms with Crippen molar-refractivity contribution in [2.75, 3.05) is 31.9 Å². The van der Waals surface area contributed by atoms with Crippen LogP contribution in [0.1, 0.15) is 46.0 Å². The number of carbonyl (C=O) groups excluding carboxylic acids is 1. The molecule has 0 aromatic heterocycles. The van der Waals surface area contributed by atoms with Crippen LogP contribution in [-0.4, -0.2) is 55.3 Å². The van der Waals surface area contributed by atoms with Crippen molar-refractivity contribution in [3.63, 3.8) is 0 Å². The van der Waals surface area contributed by atoms with E-state index in [1.54, 1.807) is 6.08 Å². The Hall–Kier alpha value is -0.920. The summed E-state index contributed by atoms with van der Waals surface area (Å²) >= 11 is 0. The van der Waals surface area contributed by atoms with Crippen molar-refractivity contribution >= 4 is 16.0 Å². The first-order valence-corrected chi connectivity index (χ1v) is 9.57. The quantitative estimate of drug-likeness (QED) is 0.312. The maximum atomic E-state index is 10.9. The Morgan fingerprint density at radius 1 is 1.09 bits per heavy atom. The summed E-state index contributed by atoms with van der Waals surface area (Å²) in [6.07, 6.45) is 7.62. The third kappa shape index (κ3) is 10.8. The molecule has 0 spiro atoms. The van der Waals surface area contributed by atoms with E-state index in [1.807, 2.05) is 0 Å². The second-order valence-electron chi connectivity index (χ2n) is 5.82. The van der Waals surface area contributed by atoms with E-state index in [1.165, 1.54) is 6.08 Å². The van der Waals surface area contributed by atoms with Gasteiger partial charge in [-0.1, -0.05) is 26.7 Å². The Morgan fingerprint density at radius 3 is 2.00 bits per heavy atom. The number of hydrogen-bond donors (Lipinski definition) is 1. The molecule has 0 saturated carbocycles. The van der Waals surface area contributed by atoms with Gasteiger partial charge in [-0.15, -0.1) is 0 Å². The average molecular weight is 334 g/mol. The third-order valence-corrected chi connectivity index (χ3v) is 4.56. The summed E-state index contributed by atoms with van der Waals surface area (Å²) in [6, 6.07) is 0. The summed E-state index contributed by atoms with van der Waals surface area (Å²) in [7, 11) is -4.17. The number of amides is 1. The molecule has 7 heteroatoms. The molecule has 0 fully saturated rings. The molecule has 0 aliphatic rings. The maximum absolute atomic E-state index is 10.9. The van der Waals surface area contributed by atoms with E-state index in [9.17, 15) is 17.8 Å². The van der Waals surface area contributed by atoms with Crippen LogP contribution in [0.2, 0.25) is 0 Å². The van der Waals surface area contributed by atoms with Crippen LogP contribution in [0.5, 0.6) is 0 Å². The number of quaternary nitrogens is 1. The van der Waals surface area contributed by atoms with Crippen LogP contribution in [0.4, 0.5) is 0 Å². The van der Waals surface area contributed by atoms with Crippen LogP contribution in [-0.2, 0) is 14.9 Å². The smallest absolute Gasteiger partial charge is 0.241 e. The lowest BCUT2D eigenvalue weighted by molar-refractivity contribution is -0.923. The Labute approximate surface area is 134 Å². The Balaban J connectivity index is 4.93. The molecule has 2 N–H and O–H groups in total. The van der Waals surface area contributed by atoms with Gasteiger partial charge in [-0.2, -0.15) is 0 Å². The van der Waals surface area contributed by atoms with Gasteiger partial charge in [0.2, 0.25) is 5.91 Å². The average Bonchev–Trinajstić information content (AvgIpc) is 2.40. The maximum Gasteiger partial charge on any atom is 0.241 e. The number of rotatable bonds is 13. The number of nitrogens with two attached hydrogens (primary N) is 1. The predicted molar refractivity (Wildman–Crippen MR) is 87.1 cm³/mol. The lowest BCUT2D eigenvalue weighted by Gasteiger charge is -2.38. The molecule has 0 aliphatic heterocycles. The van der Waals surface area contributed by atoms with Crippen LogP contribution in [0, 0.1) is 0 Å². The van der Waals surface area contributed by atoms with Crippen molar-refractivity contribution in [3.8, 4) is 0 Å². The van der Waals surface area contributed by atoms with E-state index in [0.717, 1.165) is 38.8 Å². The number of unbranched alkanes of at least 4 members (excludes halogenated alkanes) is 2. The minimum atomic E-state index is -4.17. The van der Waals surface area contributed by atoms with E-state index in [-0.39, 0.29) is 5.75 Å².